The van der Waals surface area contributed by atoms with Crippen LogP contribution in [0.25, 0.3) is 0 Å². The molecule has 0 heterocycles. The molecule has 0 saturated carbocycles. The summed E-state index contributed by atoms with van der Waals surface area (Å²) in [5, 5.41) is 3.05. The van der Waals surface area contributed by atoms with Crippen LogP contribution in [0.1, 0.15) is 41.7 Å². The van der Waals surface area contributed by atoms with Crippen molar-refractivity contribution >= 4 is 5.91 Å². The largest absolute Gasteiger partial charge is 0.494 e. The summed E-state index contributed by atoms with van der Waals surface area (Å²) in [5.41, 5.74) is 1.88. The number of amides is 1. The summed E-state index contributed by atoms with van der Waals surface area (Å²) in [5.74, 6) is 0.757. The van der Waals surface area contributed by atoms with Crippen LogP contribution < -0.4 is 15.0 Å². The molecule has 2 N–H and O–H groups in total. The number of unbranched alkanes of at least 4 members (excludes halogenated alkanes) is 1. The monoisotopic (exact) mass is 341 g/mol. The van der Waals surface area contributed by atoms with E-state index < -0.39 is 0 Å². The molecule has 2 aromatic rings. The van der Waals surface area contributed by atoms with Gasteiger partial charge in [-0.1, -0.05) is 43.7 Å². The Morgan fingerprint density at radius 1 is 1.08 bits per heavy atom. The van der Waals surface area contributed by atoms with E-state index in [1.165, 1.54) is 10.5 Å². The molecule has 0 radical (unpaired) electrons. The molecule has 0 aliphatic carbocycles. The second kappa shape index (κ2) is 9.84. The molecular formula is C21H29N2O2+. The van der Waals surface area contributed by atoms with Gasteiger partial charge in [0.1, 0.15) is 11.8 Å². The lowest BCUT2D eigenvalue weighted by Gasteiger charge is -2.22. The Morgan fingerprint density at radius 2 is 1.76 bits per heavy atom. The van der Waals surface area contributed by atoms with Crippen molar-refractivity contribution in [3.63, 3.8) is 0 Å². The molecule has 0 aliphatic rings. The summed E-state index contributed by atoms with van der Waals surface area (Å²) in [6.45, 7) is 3.45. The Kier molecular flexibility index (Phi) is 7.48. The van der Waals surface area contributed by atoms with E-state index in [2.05, 4.69) is 38.5 Å². The summed E-state index contributed by atoms with van der Waals surface area (Å²) in [7, 11) is 4.21. The van der Waals surface area contributed by atoms with Crippen LogP contribution in [-0.2, 0) is 0 Å². The number of hydrogen-bond donors (Lipinski definition) is 2. The lowest BCUT2D eigenvalue weighted by Crippen LogP contribution is -3.07. The number of likely N-dealkylation sites (N-methyl/N-ethyl adjacent to an activating group) is 1. The Labute approximate surface area is 150 Å². The van der Waals surface area contributed by atoms with Gasteiger partial charge in [-0.2, -0.15) is 0 Å². The molecule has 4 nitrogen and oxygen atoms in total. The molecule has 4 heteroatoms. The second-order valence-corrected chi connectivity index (χ2v) is 6.48. The number of ether oxygens (including phenoxy) is 1. The highest BCUT2D eigenvalue weighted by atomic mass is 16.5. The minimum absolute atomic E-state index is 0.0534. The molecule has 0 spiro atoms. The highest BCUT2D eigenvalue weighted by Crippen LogP contribution is 2.13. The van der Waals surface area contributed by atoms with Crippen LogP contribution in [0.2, 0.25) is 0 Å². The summed E-state index contributed by atoms with van der Waals surface area (Å²) >= 11 is 0. The van der Waals surface area contributed by atoms with Crippen molar-refractivity contribution in [2.75, 3.05) is 27.2 Å². The van der Waals surface area contributed by atoms with Gasteiger partial charge in [0.2, 0.25) is 0 Å². The average molecular weight is 341 g/mol. The SMILES string of the molecule is CCCCOc1ccc(C(=O)NC[C@H](c2ccccc2)[NH+](C)C)cc1. The summed E-state index contributed by atoms with van der Waals surface area (Å²) < 4.78 is 5.63. The second-order valence-electron chi connectivity index (χ2n) is 6.48. The number of hydrogen-bond acceptors (Lipinski definition) is 2. The van der Waals surface area contributed by atoms with E-state index in [9.17, 15) is 4.79 Å². The smallest absolute Gasteiger partial charge is 0.251 e. The Hall–Kier alpha value is -2.33. The maximum Gasteiger partial charge on any atom is 0.251 e. The Morgan fingerprint density at radius 3 is 2.36 bits per heavy atom. The molecule has 0 aromatic heterocycles. The first kappa shape index (κ1) is 19.0. The molecule has 2 aromatic carbocycles. The van der Waals surface area contributed by atoms with Crippen LogP contribution in [0.3, 0.4) is 0 Å². The van der Waals surface area contributed by atoms with Crippen molar-refractivity contribution in [3.05, 3.63) is 65.7 Å². The molecule has 1 atom stereocenters. The van der Waals surface area contributed by atoms with Crippen LogP contribution in [0.15, 0.2) is 54.6 Å². The third-order valence-corrected chi connectivity index (χ3v) is 4.25. The summed E-state index contributed by atoms with van der Waals surface area (Å²) in [6, 6.07) is 17.9. The number of carbonyl (C=O) groups is 1. The highest BCUT2D eigenvalue weighted by molar-refractivity contribution is 5.94. The van der Waals surface area contributed by atoms with Crippen LogP contribution >= 0.6 is 0 Å². The molecule has 25 heavy (non-hydrogen) atoms. The normalized spacial score (nSPS) is 12.0. The van der Waals surface area contributed by atoms with Crippen molar-refractivity contribution in [1.82, 2.24) is 5.32 Å². The quantitative estimate of drug-likeness (QED) is 0.688. The lowest BCUT2D eigenvalue weighted by molar-refractivity contribution is -0.890. The van der Waals surface area contributed by atoms with Crippen molar-refractivity contribution in [2.24, 2.45) is 0 Å². The number of carbonyl (C=O) groups excluding carboxylic acids is 1. The zero-order valence-corrected chi connectivity index (χ0v) is 15.4. The lowest BCUT2D eigenvalue weighted by atomic mass is 10.1. The van der Waals surface area contributed by atoms with Gasteiger partial charge in [-0.25, -0.2) is 0 Å². The fourth-order valence-corrected chi connectivity index (χ4v) is 2.67. The van der Waals surface area contributed by atoms with Crippen LogP contribution in [0, 0.1) is 0 Å². The van der Waals surface area contributed by atoms with Gasteiger partial charge in [0, 0.05) is 11.1 Å². The Bertz CT molecular complexity index is 639. The molecule has 0 aliphatic heterocycles. The average Bonchev–Trinajstić information content (AvgIpc) is 2.63. The van der Waals surface area contributed by atoms with Crippen molar-refractivity contribution in [3.8, 4) is 5.75 Å². The highest BCUT2D eigenvalue weighted by Gasteiger charge is 2.18. The number of rotatable bonds is 9. The van der Waals surface area contributed by atoms with E-state index in [-0.39, 0.29) is 11.9 Å². The third kappa shape index (κ3) is 5.91. The van der Waals surface area contributed by atoms with Crippen molar-refractivity contribution in [1.29, 1.82) is 0 Å². The predicted octanol–water partition coefficient (Wildman–Crippen LogP) is 2.48. The minimum atomic E-state index is -0.0534. The van der Waals surface area contributed by atoms with Gasteiger partial charge < -0.3 is 15.0 Å². The Balaban J connectivity index is 1.92. The molecular weight excluding hydrogens is 312 g/mol. The minimum Gasteiger partial charge on any atom is -0.494 e. The molecule has 0 saturated heterocycles. The number of quaternary nitrogens is 1. The molecule has 134 valence electrons. The number of benzene rings is 2. The topological polar surface area (TPSA) is 42.8 Å². The molecule has 1 amide bonds. The fourth-order valence-electron chi connectivity index (χ4n) is 2.67. The van der Waals surface area contributed by atoms with E-state index >= 15 is 0 Å². The summed E-state index contributed by atoms with van der Waals surface area (Å²) in [4.78, 5) is 13.7. The standard InChI is InChI=1S/C21H28N2O2/c1-4-5-15-25-19-13-11-18(12-14-19)21(24)22-16-20(23(2)3)17-9-7-6-8-10-17/h6-14,20H,4-5,15-16H2,1-3H3,(H,22,24)/p+1/t20-/m1/s1. The van der Waals surface area contributed by atoms with E-state index in [0.29, 0.717) is 18.7 Å². The number of nitrogens with one attached hydrogen (secondary N) is 2. The van der Waals surface area contributed by atoms with Gasteiger partial charge >= 0.3 is 0 Å². The van der Waals surface area contributed by atoms with Gasteiger partial charge in [0.05, 0.1) is 27.2 Å². The molecule has 2 rings (SSSR count). The third-order valence-electron chi connectivity index (χ3n) is 4.25. The van der Waals surface area contributed by atoms with E-state index in [1.54, 1.807) is 0 Å². The molecule has 0 fully saturated rings. The van der Waals surface area contributed by atoms with E-state index in [4.69, 9.17) is 4.74 Å². The summed E-state index contributed by atoms with van der Waals surface area (Å²) in [6.07, 6.45) is 2.15. The predicted molar refractivity (Wildman–Crippen MR) is 101 cm³/mol. The first-order chi connectivity index (χ1) is 12.1. The van der Waals surface area contributed by atoms with E-state index in [1.807, 2.05) is 42.5 Å². The maximum absolute atomic E-state index is 12.4. The zero-order valence-electron chi connectivity index (χ0n) is 15.4. The van der Waals surface area contributed by atoms with Crippen LogP contribution in [0.4, 0.5) is 0 Å². The van der Waals surface area contributed by atoms with Gasteiger partial charge in [0.15, 0.2) is 0 Å². The zero-order chi connectivity index (χ0) is 18.1. The first-order valence-corrected chi connectivity index (χ1v) is 8.98. The van der Waals surface area contributed by atoms with Crippen LogP contribution in [-0.4, -0.2) is 33.2 Å². The molecule has 0 unspecified atom stereocenters. The van der Waals surface area contributed by atoms with Gasteiger partial charge in [-0.05, 0) is 30.7 Å². The van der Waals surface area contributed by atoms with Gasteiger partial charge in [-0.15, -0.1) is 0 Å². The fraction of sp³-hybridized carbons (Fsp3) is 0.381. The van der Waals surface area contributed by atoms with Crippen molar-refractivity contribution in [2.45, 2.75) is 25.8 Å². The van der Waals surface area contributed by atoms with Crippen molar-refractivity contribution < 1.29 is 14.4 Å². The maximum atomic E-state index is 12.4. The van der Waals surface area contributed by atoms with Crippen LogP contribution in [0.5, 0.6) is 5.75 Å². The van der Waals surface area contributed by atoms with Gasteiger partial charge in [0.25, 0.3) is 5.91 Å². The molecule has 0 bridgehead atoms. The first-order valence-electron chi connectivity index (χ1n) is 8.98. The van der Waals surface area contributed by atoms with Gasteiger partial charge in [-0.3, -0.25) is 4.79 Å². The van der Waals surface area contributed by atoms with E-state index in [0.717, 1.165) is 18.6 Å².